The van der Waals surface area contributed by atoms with E-state index in [0.29, 0.717) is 24.1 Å². The quantitative estimate of drug-likeness (QED) is 0.850. The molecule has 1 aliphatic rings. The van der Waals surface area contributed by atoms with Crippen molar-refractivity contribution in [1.29, 1.82) is 0 Å². The summed E-state index contributed by atoms with van der Waals surface area (Å²) in [5, 5.41) is 0. The fourth-order valence-electron chi connectivity index (χ4n) is 3.20. The first-order valence-electron chi connectivity index (χ1n) is 8.05. The van der Waals surface area contributed by atoms with Crippen LogP contribution in [0.25, 0.3) is 11.1 Å². The standard InChI is InChI=1S/C17H24N2O3/c1-13(2)11-14-12-21-10-9-18(14)7-8-19-15-5-3-4-6-16(15)22-17(19)20/h3-6,13-14H,7-12H2,1-2H3/t14-/m0/s1. The summed E-state index contributed by atoms with van der Waals surface area (Å²) in [5.41, 5.74) is 1.54. The topological polar surface area (TPSA) is 47.6 Å². The molecule has 3 rings (SSSR count). The van der Waals surface area contributed by atoms with E-state index in [9.17, 15) is 4.79 Å². The van der Waals surface area contributed by atoms with Crippen molar-refractivity contribution >= 4 is 11.1 Å². The Morgan fingerprint density at radius 3 is 2.91 bits per heavy atom. The van der Waals surface area contributed by atoms with Gasteiger partial charge in [-0.1, -0.05) is 26.0 Å². The van der Waals surface area contributed by atoms with Gasteiger partial charge in [-0.2, -0.15) is 0 Å². The molecule has 0 saturated carbocycles. The van der Waals surface area contributed by atoms with Gasteiger partial charge in [0.05, 0.1) is 18.7 Å². The molecule has 0 amide bonds. The van der Waals surface area contributed by atoms with Gasteiger partial charge >= 0.3 is 5.76 Å². The largest absolute Gasteiger partial charge is 0.419 e. The molecule has 2 heterocycles. The first kappa shape index (κ1) is 15.3. The van der Waals surface area contributed by atoms with Crippen LogP contribution >= 0.6 is 0 Å². The van der Waals surface area contributed by atoms with Gasteiger partial charge in [0.1, 0.15) is 0 Å². The molecular formula is C17H24N2O3. The minimum Gasteiger partial charge on any atom is -0.408 e. The van der Waals surface area contributed by atoms with Crippen LogP contribution in [0, 0.1) is 5.92 Å². The van der Waals surface area contributed by atoms with E-state index in [1.807, 2.05) is 24.3 Å². The molecule has 0 aliphatic carbocycles. The Kier molecular flexibility index (Phi) is 4.64. The predicted molar refractivity (Wildman–Crippen MR) is 86.1 cm³/mol. The fraction of sp³-hybridized carbons (Fsp3) is 0.588. The van der Waals surface area contributed by atoms with Crippen LogP contribution in [0.3, 0.4) is 0 Å². The van der Waals surface area contributed by atoms with Gasteiger partial charge in [-0.15, -0.1) is 0 Å². The molecule has 22 heavy (non-hydrogen) atoms. The van der Waals surface area contributed by atoms with E-state index in [1.165, 1.54) is 0 Å². The summed E-state index contributed by atoms with van der Waals surface area (Å²) < 4.78 is 12.6. The number of oxazole rings is 1. The first-order chi connectivity index (χ1) is 10.6. The van der Waals surface area contributed by atoms with Crippen molar-refractivity contribution in [3.63, 3.8) is 0 Å². The van der Waals surface area contributed by atoms with Crippen molar-refractivity contribution < 1.29 is 9.15 Å². The molecule has 0 radical (unpaired) electrons. The van der Waals surface area contributed by atoms with Crippen molar-refractivity contribution in [3.05, 3.63) is 34.8 Å². The maximum atomic E-state index is 12.0. The van der Waals surface area contributed by atoms with E-state index in [0.717, 1.165) is 38.2 Å². The Hall–Kier alpha value is -1.59. The van der Waals surface area contributed by atoms with Crippen LogP contribution < -0.4 is 5.76 Å². The number of fused-ring (bicyclic) bond motifs is 1. The molecule has 0 spiro atoms. The zero-order valence-corrected chi connectivity index (χ0v) is 13.3. The van der Waals surface area contributed by atoms with E-state index >= 15 is 0 Å². The third-order valence-corrected chi connectivity index (χ3v) is 4.28. The molecule has 120 valence electrons. The van der Waals surface area contributed by atoms with E-state index in [1.54, 1.807) is 4.57 Å². The van der Waals surface area contributed by atoms with Gasteiger partial charge in [0.25, 0.3) is 0 Å². The number of morpholine rings is 1. The van der Waals surface area contributed by atoms with E-state index in [4.69, 9.17) is 9.15 Å². The van der Waals surface area contributed by atoms with Crippen molar-refractivity contribution in [3.8, 4) is 0 Å². The second-order valence-electron chi connectivity index (χ2n) is 6.38. The highest BCUT2D eigenvalue weighted by Crippen LogP contribution is 2.16. The molecule has 5 nitrogen and oxygen atoms in total. The molecule has 0 bridgehead atoms. The van der Waals surface area contributed by atoms with Gasteiger partial charge in [0.2, 0.25) is 0 Å². The lowest BCUT2D eigenvalue weighted by Gasteiger charge is -2.36. The maximum Gasteiger partial charge on any atom is 0.419 e. The Balaban J connectivity index is 1.72. The normalized spacial score (nSPS) is 20.0. The minimum absolute atomic E-state index is 0.269. The van der Waals surface area contributed by atoms with Crippen molar-refractivity contribution in [2.24, 2.45) is 5.92 Å². The Morgan fingerprint density at radius 2 is 2.09 bits per heavy atom. The lowest BCUT2D eigenvalue weighted by Crippen LogP contribution is -2.47. The molecule has 1 fully saturated rings. The Morgan fingerprint density at radius 1 is 1.27 bits per heavy atom. The molecule has 1 aliphatic heterocycles. The van der Waals surface area contributed by atoms with Crippen molar-refractivity contribution in [2.75, 3.05) is 26.3 Å². The van der Waals surface area contributed by atoms with Crippen LogP contribution in [0.4, 0.5) is 0 Å². The minimum atomic E-state index is -0.269. The average molecular weight is 304 g/mol. The number of ether oxygens (including phenoxy) is 1. The van der Waals surface area contributed by atoms with E-state index < -0.39 is 0 Å². The Bertz CT molecular complexity index is 674. The third-order valence-electron chi connectivity index (χ3n) is 4.28. The highest BCUT2D eigenvalue weighted by molar-refractivity contribution is 5.72. The van der Waals surface area contributed by atoms with Gasteiger partial charge < -0.3 is 9.15 Å². The maximum absolute atomic E-state index is 12.0. The predicted octanol–water partition coefficient (Wildman–Crippen LogP) is 2.34. The Labute approximate surface area is 130 Å². The second kappa shape index (κ2) is 6.67. The zero-order chi connectivity index (χ0) is 15.5. The third kappa shape index (κ3) is 3.25. The van der Waals surface area contributed by atoms with Crippen LogP contribution in [-0.4, -0.2) is 41.8 Å². The highest BCUT2D eigenvalue weighted by Gasteiger charge is 2.24. The van der Waals surface area contributed by atoms with Crippen molar-refractivity contribution in [1.82, 2.24) is 9.47 Å². The highest BCUT2D eigenvalue weighted by atomic mass is 16.5. The van der Waals surface area contributed by atoms with Crippen LogP contribution in [-0.2, 0) is 11.3 Å². The molecule has 5 heteroatoms. The number of rotatable bonds is 5. The number of aromatic nitrogens is 1. The summed E-state index contributed by atoms with van der Waals surface area (Å²) >= 11 is 0. The lowest BCUT2D eigenvalue weighted by atomic mass is 10.0. The average Bonchev–Trinajstić information content (AvgIpc) is 2.81. The van der Waals surface area contributed by atoms with E-state index in [-0.39, 0.29) is 5.76 Å². The molecule has 1 aromatic heterocycles. The number of para-hydroxylation sites is 2. The van der Waals surface area contributed by atoms with Crippen LogP contribution in [0.2, 0.25) is 0 Å². The van der Waals surface area contributed by atoms with Crippen LogP contribution in [0.5, 0.6) is 0 Å². The monoisotopic (exact) mass is 304 g/mol. The summed E-state index contributed by atoms with van der Waals surface area (Å²) in [6, 6.07) is 8.04. The number of hydrogen-bond acceptors (Lipinski definition) is 4. The number of nitrogens with zero attached hydrogens (tertiary/aromatic N) is 2. The van der Waals surface area contributed by atoms with Gasteiger partial charge in [-0.3, -0.25) is 9.47 Å². The van der Waals surface area contributed by atoms with Gasteiger partial charge in [-0.05, 0) is 24.5 Å². The lowest BCUT2D eigenvalue weighted by molar-refractivity contribution is -0.0158. The molecule has 1 saturated heterocycles. The molecule has 1 aromatic carbocycles. The summed E-state index contributed by atoms with van der Waals surface area (Å²) in [6.07, 6.45) is 1.13. The molecular weight excluding hydrogens is 280 g/mol. The molecule has 0 N–H and O–H groups in total. The summed E-state index contributed by atoms with van der Waals surface area (Å²) in [6.45, 7) is 8.48. The van der Waals surface area contributed by atoms with E-state index in [2.05, 4.69) is 18.7 Å². The number of benzene rings is 1. The second-order valence-corrected chi connectivity index (χ2v) is 6.38. The van der Waals surface area contributed by atoms with Gasteiger partial charge in [0, 0.05) is 25.7 Å². The fourth-order valence-corrected chi connectivity index (χ4v) is 3.20. The van der Waals surface area contributed by atoms with Gasteiger partial charge in [0.15, 0.2) is 5.58 Å². The zero-order valence-electron chi connectivity index (χ0n) is 13.3. The number of hydrogen-bond donors (Lipinski definition) is 0. The van der Waals surface area contributed by atoms with Crippen molar-refractivity contribution in [2.45, 2.75) is 32.9 Å². The molecule has 1 atom stereocenters. The summed E-state index contributed by atoms with van der Waals surface area (Å²) in [5.74, 6) is 0.376. The van der Waals surface area contributed by atoms with Gasteiger partial charge in [-0.25, -0.2) is 4.79 Å². The molecule has 2 aromatic rings. The van der Waals surface area contributed by atoms with Crippen LogP contribution in [0.1, 0.15) is 20.3 Å². The van der Waals surface area contributed by atoms with Crippen LogP contribution in [0.15, 0.2) is 33.5 Å². The molecule has 0 unspecified atom stereocenters. The summed E-state index contributed by atoms with van der Waals surface area (Å²) in [4.78, 5) is 14.5. The smallest absolute Gasteiger partial charge is 0.408 e. The summed E-state index contributed by atoms with van der Waals surface area (Å²) in [7, 11) is 0. The first-order valence-corrected chi connectivity index (χ1v) is 8.05. The SMILES string of the molecule is CC(C)C[C@H]1COCCN1CCn1c(=O)oc2ccccc21.